The van der Waals surface area contributed by atoms with Gasteiger partial charge in [-0.1, -0.05) is 39.0 Å². The van der Waals surface area contributed by atoms with Gasteiger partial charge in [0, 0.05) is 42.7 Å². The van der Waals surface area contributed by atoms with Crippen molar-refractivity contribution in [2.24, 2.45) is 0 Å². The fourth-order valence-electron chi connectivity index (χ4n) is 5.01. The molecule has 3 amide bonds. The van der Waals surface area contributed by atoms with Crippen LogP contribution in [0.5, 0.6) is 0 Å². The van der Waals surface area contributed by atoms with E-state index in [2.05, 4.69) is 36.1 Å². The summed E-state index contributed by atoms with van der Waals surface area (Å²) in [6.45, 7) is 11.4. The van der Waals surface area contributed by atoms with Crippen LogP contribution in [0.15, 0.2) is 65.9 Å². The molecule has 3 atom stereocenters. The smallest absolute Gasteiger partial charge is 0.411 e. The lowest BCUT2D eigenvalue weighted by molar-refractivity contribution is -0.145. The first kappa shape index (κ1) is 32.2. The molecule has 3 heterocycles. The molecule has 4 rings (SSSR count). The maximum absolute atomic E-state index is 14.2. The highest BCUT2D eigenvalue weighted by Gasteiger charge is 2.44. The van der Waals surface area contributed by atoms with Crippen LogP contribution in [0, 0.1) is 0 Å². The van der Waals surface area contributed by atoms with Crippen LogP contribution in [0.3, 0.4) is 0 Å². The highest BCUT2D eigenvalue weighted by atomic mass is 16.6. The van der Waals surface area contributed by atoms with Crippen molar-refractivity contribution in [3.63, 3.8) is 0 Å². The standard InChI is InChI=1S/C32H39N5O7/c1-31(2,3)21-10-12-23(13-11-21)37(28(39)24-18-43-19-34-24)26(20-9-8-14-33-16-20)27(38)35-22-15-25(29(40)42-7)36(17-22)30(41)44-32(4,5)6/h8-14,16,18-19,22,25-26H,15,17H2,1-7H3,(H,35,38)/t22-,25-,26?/m0/s1. The van der Waals surface area contributed by atoms with E-state index in [0.717, 1.165) is 12.0 Å². The lowest BCUT2D eigenvalue weighted by Crippen LogP contribution is -2.48. The van der Waals surface area contributed by atoms with Crippen molar-refractivity contribution < 1.29 is 33.1 Å². The second-order valence-electron chi connectivity index (χ2n) is 12.6. The first-order chi connectivity index (χ1) is 20.7. The third kappa shape index (κ3) is 7.42. The fourth-order valence-corrected chi connectivity index (χ4v) is 5.01. The fraction of sp³-hybridized carbons (Fsp3) is 0.438. The molecule has 1 unspecified atom stereocenters. The number of nitrogens with zero attached hydrogens (tertiary/aromatic N) is 4. The number of nitrogens with one attached hydrogen (secondary N) is 1. The number of carbonyl (C=O) groups excluding carboxylic acids is 4. The van der Waals surface area contributed by atoms with Gasteiger partial charge in [0.05, 0.1) is 7.11 Å². The van der Waals surface area contributed by atoms with Crippen LogP contribution in [-0.2, 0) is 24.5 Å². The van der Waals surface area contributed by atoms with Crippen LogP contribution in [0.1, 0.15) is 75.6 Å². The second kappa shape index (κ2) is 12.9. The normalized spacial score (nSPS) is 17.5. The molecular formula is C32H39N5O7. The molecule has 3 aromatic rings. The summed E-state index contributed by atoms with van der Waals surface area (Å²) >= 11 is 0. The minimum atomic E-state index is -1.19. The van der Waals surface area contributed by atoms with Crippen LogP contribution in [-0.4, -0.2) is 70.1 Å². The molecule has 0 aliphatic carbocycles. The molecule has 12 nitrogen and oxygen atoms in total. The van der Waals surface area contributed by atoms with Crippen LogP contribution in [0.25, 0.3) is 0 Å². The summed E-state index contributed by atoms with van der Waals surface area (Å²) in [6.07, 6.45) is 4.83. The summed E-state index contributed by atoms with van der Waals surface area (Å²) in [4.78, 5) is 64.7. The van der Waals surface area contributed by atoms with Gasteiger partial charge in [-0.2, -0.15) is 0 Å². The van der Waals surface area contributed by atoms with E-state index in [1.54, 1.807) is 51.2 Å². The summed E-state index contributed by atoms with van der Waals surface area (Å²) in [5.74, 6) is -1.74. The largest absolute Gasteiger partial charge is 0.467 e. The van der Waals surface area contributed by atoms with Crippen LogP contribution >= 0.6 is 0 Å². The van der Waals surface area contributed by atoms with Gasteiger partial charge in [0.25, 0.3) is 5.91 Å². The van der Waals surface area contributed by atoms with Crippen molar-refractivity contribution in [3.8, 4) is 0 Å². The summed E-state index contributed by atoms with van der Waals surface area (Å²) in [5, 5.41) is 2.96. The Bertz CT molecular complexity index is 1460. The minimum absolute atomic E-state index is 0.00229. The molecule has 1 fully saturated rings. The Morgan fingerprint density at radius 2 is 1.77 bits per heavy atom. The summed E-state index contributed by atoms with van der Waals surface area (Å²) < 4.78 is 15.5. The van der Waals surface area contributed by atoms with Crippen LogP contribution in [0.2, 0.25) is 0 Å². The van der Waals surface area contributed by atoms with Crippen molar-refractivity contribution in [2.75, 3.05) is 18.6 Å². The molecular weight excluding hydrogens is 566 g/mol. The zero-order valence-electron chi connectivity index (χ0n) is 26.1. The van der Waals surface area contributed by atoms with Gasteiger partial charge in [0.15, 0.2) is 12.1 Å². The maximum atomic E-state index is 14.2. The number of pyridine rings is 1. The van der Waals surface area contributed by atoms with Gasteiger partial charge >= 0.3 is 12.1 Å². The number of hydrogen-bond donors (Lipinski definition) is 1. The molecule has 0 bridgehead atoms. The molecule has 0 spiro atoms. The Hall–Kier alpha value is -4.74. The third-order valence-corrected chi connectivity index (χ3v) is 7.14. The number of anilines is 1. The zero-order valence-corrected chi connectivity index (χ0v) is 26.1. The lowest BCUT2D eigenvalue weighted by Gasteiger charge is -2.32. The van der Waals surface area contributed by atoms with E-state index in [0.29, 0.717) is 11.3 Å². The number of methoxy groups -OCH3 is 1. The first-order valence-corrected chi connectivity index (χ1v) is 14.3. The number of rotatable bonds is 7. The SMILES string of the molecule is COC(=O)[C@@H]1C[C@H](NC(=O)C(c2cccnc2)N(C(=O)c2cocn2)c2ccc(C(C)(C)C)cc2)CN1C(=O)OC(C)(C)C. The average molecular weight is 606 g/mol. The maximum Gasteiger partial charge on any atom is 0.411 e. The van der Waals surface area contributed by atoms with E-state index in [-0.39, 0.29) is 24.1 Å². The molecule has 1 aromatic carbocycles. The molecule has 1 N–H and O–H groups in total. The Balaban J connectivity index is 1.72. The van der Waals surface area contributed by atoms with E-state index in [4.69, 9.17) is 13.9 Å². The molecule has 1 aliphatic heterocycles. The van der Waals surface area contributed by atoms with Crippen molar-refractivity contribution in [1.29, 1.82) is 0 Å². The topological polar surface area (TPSA) is 144 Å². The van der Waals surface area contributed by atoms with Gasteiger partial charge in [0.1, 0.15) is 23.9 Å². The Labute approximate surface area is 256 Å². The molecule has 1 aliphatic rings. The highest BCUT2D eigenvalue weighted by molar-refractivity contribution is 6.09. The molecule has 0 radical (unpaired) electrons. The van der Waals surface area contributed by atoms with Gasteiger partial charge in [-0.05, 0) is 49.9 Å². The Kier molecular flexibility index (Phi) is 9.41. The number of amides is 3. The predicted octanol–water partition coefficient (Wildman–Crippen LogP) is 4.42. The molecule has 2 aromatic heterocycles. The Morgan fingerprint density at radius 1 is 1.07 bits per heavy atom. The number of benzene rings is 1. The molecule has 0 saturated carbocycles. The minimum Gasteiger partial charge on any atom is -0.467 e. The number of ether oxygens (including phenoxy) is 2. The number of carbonyl (C=O) groups is 4. The van der Waals surface area contributed by atoms with Gasteiger partial charge in [-0.15, -0.1) is 0 Å². The van der Waals surface area contributed by atoms with Crippen molar-refractivity contribution in [3.05, 3.63) is 78.3 Å². The van der Waals surface area contributed by atoms with Crippen molar-refractivity contribution >= 4 is 29.6 Å². The molecule has 44 heavy (non-hydrogen) atoms. The van der Waals surface area contributed by atoms with E-state index in [1.165, 1.54) is 29.4 Å². The van der Waals surface area contributed by atoms with Gasteiger partial charge in [-0.3, -0.25) is 24.4 Å². The van der Waals surface area contributed by atoms with Gasteiger partial charge in [0.2, 0.25) is 5.91 Å². The molecule has 234 valence electrons. The predicted molar refractivity (Wildman–Crippen MR) is 161 cm³/mol. The van der Waals surface area contributed by atoms with E-state index in [1.807, 2.05) is 12.1 Å². The number of aromatic nitrogens is 2. The highest BCUT2D eigenvalue weighted by Crippen LogP contribution is 2.32. The number of likely N-dealkylation sites (tertiary alicyclic amines) is 1. The summed E-state index contributed by atoms with van der Waals surface area (Å²) in [7, 11) is 1.23. The summed E-state index contributed by atoms with van der Waals surface area (Å²) in [5.41, 5.74) is 0.999. The molecule has 12 heteroatoms. The van der Waals surface area contributed by atoms with Crippen LogP contribution in [0.4, 0.5) is 10.5 Å². The van der Waals surface area contributed by atoms with Crippen molar-refractivity contribution in [2.45, 2.75) is 77.1 Å². The monoisotopic (exact) mass is 605 g/mol. The third-order valence-electron chi connectivity index (χ3n) is 7.14. The van der Waals surface area contributed by atoms with Gasteiger partial charge < -0.3 is 19.2 Å². The van der Waals surface area contributed by atoms with Crippen LogP contribution < -0.4 is 10.2 Å². The number of hydrogen-bond acceptors (Lipinski definition) is 9. The van der Waals surface area contributed by atoms with E-state index >= 15 is 0 Å². The first-order valence-electron chi connectivity index (χ1n) is 14.3. The van der Waals surface area contributed by atoms with E-state index < -0.39 is 47.6 Å². The summed E-state index contributed by atoms with van der Waals surface area (Å²) in [6, 6.07) is 7.94. The van der Waals surface area contributed by atoms with Gasteiger partial charge in [-0.25, -0.2) is 14.6 Å². The molecule has 1 saturated heterocycles. The second-order valence-corrected chi connectivity index (χ2v) is 12.6. The number of oxazole rings is 1. The number of esters is 1. The van der Waals surface area contributed by atoms with E-state index in [9.17, 15) is 19.2 Å². The Morgan fingerprint density at radius 3 is 2.32 bits per heavy atom. The average Bonchev–Trinajstić information content (AvgIpc) is 3.65. The van der Waals surface area contributed by atoms with Crippen molar-refractivity contribution in [1.82, 2.24) is 20.2 Å². The quantitative estimate of drug-likeness (QED) is 0.387. The lowest BCUT2D eigenvalue weighted by atomic mass is 9.87. The zero-order chi connectivity index (χ0) is 32.2.